The smallest absolute Gasteiger partial charge is 0.182 e. The molecule has 0 amide bonds. The number of aromatic nitrogens is 2. The van der Waals surface area contributed by atoms with Gasteiger partial charge in [-0.15, -0.1) is 0 Å². The van der Waals surface area contributed by atoms with Crippen LogP contribution in [0.1, 0.15) is 33.4 Å². The Hall–Kier alpha value is -1.55. The van der Waals surface area contributed by atoms with Crippen LogP contribution in [-0.2, 0) is 5.41 Å². The zero-order valence-corrected chi connectivity index (χ0v) is 12.7. The quantitative estimate of drug-likeness (QED) is 0.850. The number of hydrogen-bond acceptors (Lipinski definition) is 2. The van der Waals surface area contributed by atoms with E-state index in [2.05, 4.69) is 30.3 Å². The summed E-state index contributed by atoms with van der Waals surface area (Å²) in [5, 5.41) is 0. The molecule has 1 aromatic carbocycles. The molecule has 4 heteroatoms. The monoisotopic (exact) mass is 276 g/mol. The van der Waals surface area contributed by atoms with E-state index in [4.69, 9.17) is 17.0 Å². The number of nitrogens with zero attached hydrogens (tertiary/aromatic N) is 1. The third-order valence-electron chi connectivity index (χ3n) is 2.93. The average molecular weight is 276 g/mol. The molecule has 0 aliphatic rings. The first kappa shape index (κ1) is 13.9. The van der Waals surface area contributed by atoms with Crippen LogP contribution in [0.15, 0.2) is 30.5 Å². The summed E-state index contributed by atoms with van der Waals surface area (Å²) in [6, 6.07) is 8.01. The lowest BCUT2D eigenvalue weighted by Gasteiger charge is -2.21. The van der Waals surface area contributed by atoms with Crippen LogP contribution in [0.5, 0.6) is 5.75 Å². The van der Waals surface area contributed by atoms with Crippen molar-refractivity contribution in [3.8, 4) is 11.4 Å². The molecule has 0 bridgehead atoms. The van der Waals surface area contributed by atoms with Gasteiger partial charge in [0, 0.05) is 23.4 Å². The van der Waals surface area contributed by atoms with Crippen molar-refractivity contribution in [3.63, 3.8) is 0 Å². The van der Waals surface area contributed by atoms with Crippen molar-refractivity contribution in [3.05, 3.63) is 40.9 Å². The van der Waals surface area contributed by atoms with E-state index >= 15 is 0 Å². The predicted molar refractivity (Wildman–Crippen MR) is 80.8 cm³/mol. The first-order chi connectivity index (χ1) is 8.93. The minimum atomic E-state index is 0.0230. The fourth-order valence-electron chi connectivity index (χ4n) is 2.06. The second-order valence-electron chi connectivity index (χ2n) is 5.49. The molecule has 2 aromatic rings. The van der Waals surface area contributed by atoms with Gasteiger partial charge in [0.2, 0.25) is 0 Å². The van der Waals surface area contributed by atoms with E-state index in [1.54, 1.807) is 0 Å². The Labute approximate surface area is 119 Å². The maximum absolute atomic E-state index is 5.55. The lowest BCUT2D eigenvalue weighted by Crippen LogP contribution is -2.16. The van der Waals surface area contributed by atoms with Crippen molar-refractivity contribution in [1.82, 2.24) is 9.55 Å². The number of nitrogens with one attached hydrogen (secondary N) is 1. The van der Waals surface area contributed by atoms with Gasteiger partial charge in [0.1, 0.15) is 5.75 Å². The van der Waals surface area contributed by atoms with E-state index in [1.165, 1.54) is 0 Å². The molecule has 3 nitrogen and oxygen atoms in total. The highest BCUT2D eigenvalue weighted by Crippen LogP contribution is 2.26. The molecule has 0 saturated heterocycles. The summed E-state index contributed by atoms with van der Waals surface area (Å²) >= 11 is 5.40. The molecule has 19 heavy (non-hydrogen) atoms. The molecule has 0 atom stereocenters. The standard InChI is InChI=1S/C15H20N2OS/c1-5-18-12-8-6-7-11(9-12)17-13(15(2,3)4)10-16-14(17)19/h6-10H,5H2,1-4H3,(H,16,19). The first-order valence-corrected chi connectivity index (χ1v) is 6.88. The summed E-state index contributed by atoms with van der Waals surface area (Å²) in [6.45, 7) is 9.17. The SMILES string of the molecule is CCOc1cccc(-n2c(C(C)(C)C)c[nH]c2=S)c1. The lowest BCUT2D eigenvalue weighted by atomic mass is 9.92. The molecule has 0 spiro atoms. The highest BCUT2D eigenvalue weighted by atomic mass is 32.1. The van der Waals surface area contributed by atoms with Crippen molar-refractivity contribution in [2.45, 2.75) is 33.1 Å². The molecule has 0 fully saturated rings. The highest BCUT2D eigenvalue weighted by molar-refractivity contribution is 7.71. The van der Waals surface area contributed by atoms with Gasteiger partial charge in [0.15, 0.2) is 4.77 Å². The molecule has 0 radical (unpaired) electrons. The number of aromatic amines is 1. The van der Waals surface area contributed by atoms with Gasteiger partial charge in [0.25, 0.3) is 0 Å². The van der Waals surface area contributed by atoms with Gasteiger partial charge >= 0.3 is 0 Å². The number of ether oxygens (including phenoxy) is 1. The molecule has 0 unspecified atom stereocenters. The van der Waals surface area contributed by atoms with E-state index < -0.39 is 0 Å². The molecule has 1 N–H and O–H groups in total. The summed E-state index contributed by atoms with van der Waals surface area (Å²) in [5.74, 6) is 0.864. The van der Waals surface area contributed by atoms with Crippen molar-refractivity contribution in [2.24, 2.45) is 0 Å². The Balaban J connectivity index is 2.56. The maximum Gasteiger partial charge on any atom is 0.182 e. The summed E-state index contributed by atoms with van der Waals surface area (Å²) in [4.78, 5) is 3.13. The van der Waals surface area contributed by atoms with Gasteiger partial charge in [-0.05, 0) is 31.3 Å². The van der Waals surface area contributed by atoms with Crippen molar-refractivity contribution < 1.29 is 4.74 Å². The summed E-state index contributed by atoms with van der Waals surface area (Å²) in [7, 11) is 0. The van der Waals surface area contributed by atoms with Gasteiger partial charge in [-0.25, -0.2) is 0 Å². The van der Waals surface area contributed by atoms with Crippen LogP contribution in [0.2, 0.25) is 0 Å². The summed E-state index contributed by atoms with van der Waals surface area (Å²) in [5.41, 5.74) is 2.21. The molecule has 1 aromatic heterocycles. The van der Waals surface area contributed by atoms with Crippen LogP contribution in [0.4, 0.5) is 0 Å². The van der Waals surface area contributed by atoms with Gasteiger partial charge in [-0.2, -0.15) is 0 Å². The summed E-state index contributed by atoms with van der Waals surface area (Å²) < 4.78 is 8.33. The highest BCUT2D eigenvalue weighted by Gasteiger charge is 2.20. The van der Waals surface area contributed by atoms with Crippen molar-refractivity contribution in [2.75, 3.05) is 6.61 Å². The van der Waals surface area contributed by atoms with Crippen LogP contribution >= 0.6 is 12.2 Å². The van der Waals surface area contributed by atoms with E-state index in [1.807, 2.05) is 37.4 Å². The third kappa shape index (κ3) is 2.89. The molecule has 2 rings (SSSR count). The molecule has 0 aliphatic carbocycles. The zero-order valence-electron chi connectivity index (χ0n) is 11.9. The topological polar surface area (TPSA) is 29.9 Å². The van der Waals surface area contributed by atoms with E-state index in [0.29, 0.717) is 11.4 Å². The average Bonchev–Trinajstić information content (AvgIpc) is 2.72. The minimum absolute atomic E-state index is 0.0230. The second kappa shape index (κ2) is 5.21. The van der Waals surface area contributed by atoms with E-state index in [-0.39, 0.29) is 5.41 Å². The van der Waals surface area contributed by atoms with Crippen LogP contribution in [-0.4, -0.2) is 16.2 Å². The normalized spacial score (nSPS) is 11.6. The van der Waals surface area contributed by atoms with Crippen molar-refractivity contribution >= 4 is 12.2 Å². The Bertz CT molecular complexity index is 620. The molecule has 0 saturated carbocycles. The minimum Gasteiger partial charge on any atom is -0.494 e. The second-order valence-corrected chi connectivity index (χ2v) is 5.88. The number of H-pyrrole nitrogens is 1. The van der Waals surface area contributed by atoms with Gasteiger partial charge in [-0.1, -0.05) is 26.8 Å². The van der Waals surface area contributed by atoms with E-state index in [9.17, 15) is 0 Å². The number of rotatable bonds is 3. The Kier molecular flexibility index (Phi) is 3.80. The number of imidazole rings is 1. The predicted octanol–water partition coefficient (Wildman–Crippen LogP) is 4.23. The van der Waals surface area contributed by atoms with Gasteiger partial charge in [0.05, 0.1) is 12.3 Å². The molecule has 1 heterocycles. The molecule has 102 valence electrons. The largest absolute Gasteiger partial charge is 0.494 e. The maximum atomic E-state index is 5.55. The Morgan fingerprint density at radius 2 is 2.05 bits per heavy atom. The Morgan fingerprint density at radius 3 is 2.68 bits per heavy atom. The lowest BCUT2D eigenvalue weighted by molar-refractivity contribution is 0.340. The van der Waals surface area contributed by atoms with Crippen LogP contribution in [0.3, 0.4) is 0 Å². The van der Waals surface area contributed by atoms with Crippen LogP contribution in [0, 0.1) is 4.77 Å². The summed E-state index contributed by atoms with van der Waals surface area (Å²) in [6.07, 6.45) is 1.98. The molecular formula is C15H20N2OS. The fraction of sp³-hybridized carbons (Fsp3) is 0.400. The number of hydrogen-bond donors (Lipinski definition) is 1. The third-order valence-corrected chi connectivity index (χ3v) is 3.23. The van der Waals surface area contributed by atoms with Crippen molar-refractivity contribution in [1.29, 1.82) is 0 Å². The fourth-order valence-corrected chi connectivity index (χ4v) is 2.32. The molecule has 0 aliphatic heterocycles. The first-order valence-electron chi connectivity index (χ1n) is 6.47. The zero-order chi connectivity index (χ0) is 14.0. The van der Waals surface area contributed by atoms with Gasteiger partial charge < -0.3 is 9.72 Å². The van der Waals surface area contributed by atoms with Crippen LogP contribution < -0.4 is 4.74 Å². The molecular weight excluding hydrogens is 256 g/mol. The van der Waals surface area contributed by atoms with E-state index in [0.717, 1.165) is 17.1 Å². The van der Waals surface area contributed by atoms with Gasteiger partial charge in [-0.3, -0.25) is 4.57 Å². The number of benzene rings is 1. The Morgan fingerprint density at radius 1 is 1.32 bits per heavy atom. The van der Waals surface area contributed by atoms with Crippen LogP contribution in [0.25, 0.3) is 5.69 Å².